The molecule has 0 unspecified atom stereocenters. The van der Waals surface area contributed by atoms with E-state index in [-0.39, 0.29) is 10.6 Å². The van der Waals surface area contributed by atoms with E-state index >= 15 is 0 Å². The zero-order valence-electron chi connectivity index (χ0n) is 15.4. The van der Waals surface area contributed by atoms with Gasteiger partial charge in [0.15, 0.2) is 0 Å². The highest BCUT2D eigenvalue weighted by Gasteiger charge is 2.32. The second-order valence-corrected chi connectivity index (χ2v) is 9.32. The number of piperidine rings is 2. The summed E-state index contributed by atoms with van der Waals surface area (Å²) < 4.78 is 46.0. The first-order valence-corrected chi connectivity index (χ1v) is 11.0. The number of sulfonamides is 1. The summed E-state index contributed by atoms with van der Waals surface area (Å²) in [6, 6.07) is 3.64. The smallest absolute Gasteiger partial charge is 0.246 e. The number of halogens is 1. The van der Waals surface area contributed by atoms with Crippen molar-refractivity contribution >= 4 is 10.0 Å². The Morgan fingerprint density at radius 2 is 1.73 bits per heavy atom. The zero-order valence-corrected chi connectivity index (χ0v) is 16.2. The average Bonchev–Trinajstić information content (AvgIpc) is 2.67. The molecule has 0 saturated carbocycles. The highest BCUT2D eigenvalue weighted by Crippen LogP contribution is 2.32. The molecular formula is C19H29FN2O3S. The van der Waals surface area contributed by atoms with E-state index in [0.717, 1.165) is 37.9 Å². The van der Waals surface area contributed by atoms with Crippen molar-refractivity contribution in [2.24, 2.45) is 11.8 Å². The molecule has 0 radical (unpaired) electrons. The number of methoxy groups -OCH3 is 1. The fourth-order valence-electron chi connectivity index (χ4n) is 4.07. The number of nitrogens with zero attached hydrogens (tertiary/aromatic N) is 1. The summed E-state index contributed by atoms with van der Waals surface area (Å²) in [7, 11) is -2.32. The molecule has 0 atom stereocenters. The predicted octanol–water partition coefficient (Wildman–Crippen LogP) is 3.01. The largest absolute Gasteiger partial charge is 0.495 e. The topological polar surface area (TPSA) is 58.6 Å². The van der Waals surface area contributed by atoms with Crippen LogP contribution in [0.5, 0.6) is 5.75 Å². The Balaban J connectivity index is 1.57. The molecule has 26 heavy (non-hydrogen) atoms. The maximum atomic E-state index is 13.6. The minimum atomic E-state index is -3.73. The maximum absolute atomic E-state index is 13.6. The van der Waals surface area contributed by atoms with Crippen molar-refractivity contribution in [3.05, 3.63) is 24.0 Å². The monoisotopic (exact) mass is 384 g/mol. The van der Waals surface area contributed by atoms with Crippen molar-refractivity contribution in [2.45, 2.75) is 43.4 Å². The van der Waals surface area contributed by atoms with Gasteiger partial charge in [-0.3, -0.25) is 0 Å². The number of rotatable bonds is 6. The molecule has 2 fully saturated rings. The summed E-state index contributed by atoms with van der Waals surface area (Å²) in [5, 5.41) is 3.39. The molecule has 0 spiro atoms. The van der Waals surface area contributed by atoms with Gasteiger partial charge >= 0.3 is 0 Å². The van der Waals surface area contributed by atoms with Gasteiger partial charge in [0.05, 0.1) is 7.11 Å². The van der Waals surface area contributed by atoms with Crippen LogP contribution >= 0.6 is 0 Å². The second kappa shape index (κ2) is 8.67. The van der Waals surface area contributed by atoms with Crippen LogP contribution in [0, 0.1) is 17.7 Å². The molecule has 2 heterocycles. The molecule has 0 amide bonds. The van der Waals surface area contributed by atoms with E-state index in [9.17, 15) is 12.8 Å². The standard InChI is InChI=1S/C19H29FN2O3S/c1-25-18-5-4-17(20)14-19(18)26(23,24)22-12-8-16(9-13-22)3-2-15-6-10-21-11-7-15/h4-5,14-16,21H,2-3,6-13H2,1H3. The van der Waals surface area contributed by atoms with E-state index < -0.39 is 15.8 Å². The number of benzene rings is 1. The lowest BCUT2D eigenvalue weighted by atomic mass is 9.86. The molecule has 7 heteroatoms. The Labute approximate surface area is 156 Å². The van der Waals surface area contributed by atoms with E-state index in [1.807, 2.05) is 0 Å². The van der Waals surface area contributed by atoms with Gasteiger partial charge in [-0.05, 0) is 68.8 Å². The van der Waals surface area contributed by atoms with Gasteiger partial charge in [-0.15, -0.1) is 0 Å². The maximum Gasteiger partial charge on any atom is 0.246 e. The molecule has 2 aliphatic heterocycles. The van der Waals surface area contributed by atoms with Crippen molar-refractivity contribution in [2.75, 3.05) is 33.3 Å². The van der Waals surface area contributed by atoms with Gasteiger partial charge in [-0.2, -0.15) is 4.31 Å². The summed E-state index contributed by atoms with van der Waals surface area (Å²) in [4.78, 5) is -0.0758. The Bertz CT molecular complexity index is 697. The third-order valence-electron chi connectivity index (χ3n) is 5.76. The third kappa shape index (κ3) is 4.56. The number of hydrogen-bond donors (Lipinski definition) is 1. The number of hydrogen-bond acceptors (Lipinski definition) is 4. The molecule has 1 aromatic carbocycles. The van der Waals surface area contributed by atoms with Crippen molar-refractivity contribution in [3.8, 4) is 5.75 Å². The van der Waals surface area contributed by atoms with Gasteiger partial charge in [0.2, 0.25) is 10.0 Å². The van der Waals surface area contributed by atoms with Gasteiger partial charge < -0.3 is 10.1 Å². The Morgan fingerprint density at radius 3 is 2.35 bits per heavy atom. The van der Waals surface area contributed by atoms with Crippen LogP contribution < -0.4 is 10.1 Å². The van der Waals surface area contributed by atoms with Crippen LogP contribution in [0.2, 0.25) is 0 Å². The molecule has 0 aromatic heterocycles. The molecule has 1 N–H and O–H groups in total. The molecule has 5 nitrogen and oxygen atoms in total. The van der Waals surface area contributed by atoms with Crippen molar-refractivity contribution in [1.29, 1.82) is 0 Å². The van der Waals surface area contributed by atoms with Crippen LogP contribution in [0.4, 0.5) is 4.39 Å². The van der Waals surface area contributed by atoms with E-state index in [4.69, 9.17) is 4.74 Å². The van der Waals surface area contributed by atoms with Crippen LogP contribution in [0.25, 0.3) is 0 Å². The highest BCUT2D eigenvalue weighted by atomic mass is 32.2. The van der Waals surface area contributed by atoms with Crippen molar-refractivity contribution in [1.82, 2.24) is 9.62 Å². The molecule has 146 valence electrons. The van der Waals surface area contributed by atoms with E-state index in [1.165, 1.54) is 49.2 Å². The molecular weight excluding hydrogens is 355 g/mol. The van der Waals surface area contributed by atoms with Crippen LogP contribution in [-0.4, -0.2) is 46.0 Å². The fraction of sp³-hybridized carbons (Fsp3) is 0.684. The molecule has 1 aromatic rings. The van der Waals surface area contributed by atoms with Crippen LogP contribution in [0.1, 0.15) is 38.5 Å². The first-order valence-electron chi connectivity index (χ1n) is 9.55. The summed E-state index contributed by atoms with van der Waals surface area (Å²) in [6.07, 6.45) is 6.70. The van der Waals surface area contributed by atoms with Gasteiger partial charge in [0.25, 0.3) is 0 Å². The lowest BCUT2D eigenvalue weighted by Gasteiger charge is -2.32. The highest BCUT2D eigenvalue weighted by molar-refractivity contribution is 7.89. The van der Waals surface area contributed by atoms with Crippen LogP contribution in [0.3, 0.4) is 0 Å². The zero-order chi connectivity index (χ0) is 18.6. The van der Waals surface area contributed by atoms with Crippen LogP contribution in [0.15, 0.2) is 23.1 Å². The quantitative estimate of drug-likeness (QED) is 0.819. The van der Waals surface area contributed by atoms with Gasteiger partial charge in [-0.25, -0.2) is 12.8 Å². The molecule has 2 saturated heterocycles. The normalized spacial score (nSPS) is 21.0. The third-order valence-corrected chi connectivity index (χ3v) is 7.68. The first-order chi connectivity index (χ1) is 12.5. The Hall–Kier alpha value is -1.18. The van der Waals surface area contributed by atoms with E-state index in [1.54, 1.807) is 0 Å². The lowest BCUT2D eigenvalue weighted by Crippen LogP contribution is -2.38. The predicted molar refractivity (Wildman–Crippen MR) is 99.3 cm³/mol. The SMILES string of the molecule is COc1ccc(F)cc1S(=O)(=O)N1CCC(CCC2CCNCC2)CC1. The molecule has 2 aliphatic rings. The van der Waals surface area contributed by atoms with Crippen molar-refractivity contribution < 1.29 is 17.5 Å². The summed E-state index contributed by atoms with van der Waals surface area (Å²) in [6.45, 7) is 3.24. The number of nitrogens with one attached hydrogen (secondary N) is 1. The fourth-order valence-corrected chi connectivity index (χ4v) is 5.71. The first kappa shape index (κ1) is 19.6. The van der Waals surface area contributed by atoms with Crippen LogP contribution in [-0.2, 0) is 10.0 Å². The van der Waals surface area contributed by atoms with Gasteiger partial charge in [0, 0.05) is 13.1 Å². The van der Waals surface area contributed by atoms with Gasteiger partial charge in [-0.1, -0.05) is 12.8 Å². The second-order valence-electron chi connectivity index (χ2n) is 7.41. The minimum Gasteiger partial charge on any atom is -0.495 e. The van der Waals surface area contributed by atoms with Gasteiger partial charge in [0.1, 0.15) is 16.5 Å². The lowest BCUT2D eigenvalue weighted by molar-refractivity contribution is 0.239. The van der Waals surface area contributed by atoms with Crippen molar-refractivity contribution in [3.63, 3.8) is 0 Å². The molecule has 0 aliphatic carbocycles. The minimum absolute atomic E-state index is 0.0758. The Morgan fingerprint density at radius 1 is 1.12 bits per heavy atom. The average molecular weight is 385 g/mol. The Kier molecular flexibility index (Phi) is 6.53. The molecule has 0 bridgehead atoms. The summed E-state index contributed by atoms with van der Waals surface area (Å²) >= 11 is 0. The number of ether oxygens (including phenoxy) is 1. The van der Waals surface area contributed by atoms with E-state index in [0.29, 0.717) is 19.0 Å². The summed E-state index contributed by atoms with van der Waals surface area (Å²) in [5.41, 5.74) is 0. The molecule has 3 rings (SSSR count). The summed E-state index contributed by atoms with van der Waals surface area (Å²) in [5.74, 6) is 1.03. The van der Waals surface area contributed by atoms with E-state index in [2.05, 4.69) is 5.32 Å².